The summed E-state index contributed by atoms with van der Waals surface area (Å²) in [6, 6.07) is 12.6. The van der Waals surface area contributed by atoms with Crippen LogP contribution in [0.3, 0.4) is 0 Å². The standard InChI is InChI=1S/C25H22FN5S/c1-15-13-32-14-21(15)17-4-5-23-20(8-17)24(18-2-3-19(10-27)22(26)9-18)31-25(30-23)29-12-16-6-7-28-11-16/h2-5,8-9,13-14,16,28H,6-7,11-12H2,1H3,(H,29,30,31)/t16-/m0/s1. The van der Waals surface area contributed by atoms with Gasteiger partial charge in [0.05, 0.1) is 16.8 Å². The minimum absolute atomic E-state index is 0.0220. The van der Waals surface area contributed by atoms with E-state index in [1.54, 1.807) is 17.4 Å². The molecule has 1 aliphatic rings. The molecule has 1 atom stereocenters. The van der Waals surface area contributed by atoms with Crippen LogP contribution < -0.4 is 10.6 Å². The number of anilines is 1. The van der Waals surface area contributed by atoms with E-state index >= 15 is 0 Å². The van der Waals surface area contributed by atoms with Gasteiger partial charge in [0, 0.05) is 17.5 Å². The smallest absolute Gasteiger partial charge is 0.223 e. The van der Waals surface area contributed by atoms with Crippen molar-refractivity contribution in [1.82, 2.24) is 15.3 Å². The molecule has 2 N–H and O–H groups in total. The number of aryl methyl sites for hydroxylation is 1. The van der Waals surface area contributed by atoms with Crippen LogP contribution in [0.5, 0.6) is 0 Å². The molecular weight excluding hydrogens is 421 g/mol. The third-order valence-corrected chi connectivity index (χ3v) is 6.80. The van der Waals surface area contributed by atoms with E-state index < -0.39 is 5.82 Å². The lowest BCUT2D eigenvalue weighted by Crippen LogP contribution is -2.18. The van der Waals surface area contributed by atoms with Gasteiger partial charge in [0.25, 0.3) is 0 Å². The van der Waals surface area contributed by atoms with Crippen molar-refractivity contribution in [2.24, 2.45) is 5.92 Å². The Morgan fingerprint density at radius 2 is 2.06 bits per heavy atom. The highest BCUT2D eigenvalue weighted by atomic mass is 32.1. The van der Waals surface area contributed by atoms with Gasteiger partial charge in [-0.3, -0.25) is 0 Å². The molecule has 0 unspecified atom stereocenters. The van der Waals surface area contributed by atoms with Gasteiger partial charge in [-0.25, -0.2) is 14.4 Å². The molecule has 0 radical (unpaired) electrons. The molecule has 0 bridgehead atoms. The van der Waals surface area contributed by atoms with Gasteiger partial charge in [-0.15, -0.1) is 0 Å². The number of rotatable bonds is 5. The summed E-state index contributed by atoms with van der Waals surface area (Å²) in [5.74, 6) is 0.519. The normalized spacial score (nSPS) is 15.7. The summed E-state index contributed by atoms with van der Waals surface area (Å²) >= 11 is 1.67. The summed E-state index contributed by atoms with van der Waals surface area (Å²) in [5.41, 5.74) is 5.55. The topological polar surface area (TPSA) is 73.6 Å². The Kier molecular flexibility index (Phi) is 5.56. The van der Waals surface area contributed by atoms with E-state index in [4.69, 9.17) is 15.2 Å². The molecule has 7 heteroatoms. The van der Waals surface area contributed by atoms with E-state index in [9.17, 15) is 4.39 Å². The number of aromatic nitrogens is 2. The fourth-order valence-electron chi connectivity index (χ4n) is 4.13. The molecule has 0 saturated carbocycles. The molecule has 1 aliphatic heterocycles. The van der Waals surface area contributed by atoms with Crippen LogP contribution in [0, 0.1) is 30.0 Å². The fourth-order valence-corrected chi connectivity index (χ4v) is 4.99. The highest BCUT2D eigenvalue weighted by Crippen LogP contribution is 2.34. The van der Waals surface area contributed by atoms with Crippen molar-refractivity contribution in [3.8, 4) is 28.5 Å². The average molecular weight is 444 g/mol. The number of thiophene rings is 1. The van der Waals surface area contributed by atoms with Gasteiger partial charge in [0.15, 0.2) is 0 Å². The van der Waals surface area contributed by atoms with Gasteiger partial charge in [-0.2, -0.15) is 16.6 Å². The zero-order chi connectivity index (χ0) is 22.1. The Hall–Kier alpha value is -3.34. The summed E-state index contributed by atoms with van der Waals surface area (Å²) < 4.78 is 14.5. The Bertz CT molecular complexity index is 1330. The number of nitriles is 1. The molecule has 2 aromatic heterocycles. The molecule has 1 fully saturated rings. The highest BCUT2D eigenvalue weighted by molar-refractivity contribution is 7.08. The van der Waals surface area contributed by atoms with Crippen molar-refractivity contribution in [1.29, 1.82) is 5.26 Å². The van der Waals surface area contributed by atoms with Crippen LogP contribution in [-0.2, 0) is 0 Å². The summed E-state index contributed by atoms with van der Waals surface area (Å²) in [5, 5.41) is 21.0. The van der Waals surface area contributed by atoms with E-state index in [2.05, 4.69) is 40.5 Å². The lowest BCUT2D eigenvalue weighted by molar-refractivity contribution is 0.613. The van der Waals surface area contributed by atoms with Crippen molar-refractivity contribution in [2.45, 2.75) is 13.3 Å². The Labute approximate surface area is 190 Å². The zero-order valence-corrected chi connectivity index (χ0v) is 18.5. The molecular formula is C25H22FN5S. The average Bonchev–Trinajstić information content (AvgIpc) is 3.48. The maximum absolute atomic E-state index is 14.5. The Morgan fingerprint density at radius 3 is 2.78 bits per heavy atom. The summed E-state index contributed by atoms with van der Waals surface area (Å²) in [7, 11) is 0. The van der Waals surface area contributed by atoms with Crippen LogP contribution in [0.25, 0.3) is 33.3 Å². The molecule has 4 aromatic rings. The first-order chi connectivity index (χ1) is 15.6. The molecule has 5 nitrogen and oxygen atoms in total. The van der Waals surface area contributed by atoms with Gasteiger partial charge in [0.2, 0.25) is 5.95 Å². The zero-order valence-electron chi connectivity index (χ0n) is 17.7. The second-order valence-electron chi connectivity index (χ2n) is 8.14. The molecule has 0 spiro atoms. The first-order valence-electron chi connectivity index (χ1n) is 10.6. The fraction of sp³-hybridized carbons (Fsp3) is 0.240. The quantitative estimate of drug-likeness (QED) is 0.434. The summed E-state index contributed by atoms with van der Waals surface area (Å²) in [4.78, 5) is 9.52. The summed E-state index contributed by atoms with van der Waals surface area (Å²) in [6.07, 6.45) is 1.12. The summed E-state index contributed by atoms with van der Waals surface area (Å²) in [6.45, 7) is 4.89. The van der Waals surface area contributed by atoms with Crippen molar-refractivity contribution in [3.05, 3.63) is 64.1 Å². The molecule has 160 valence electrons. The molecule has 32 heavy (non-hydrogen) atoms. The number of benzene rings is 2. The number of nitrogens with one attached hydrogen (secondary N) is 2. The molecule has 2 aromatic carbocycles. The maximum atomic E-state index is 14.5. The van der Waals surface area contributed by atoms with Crippen LogP contribution in [0.1, 0.15) is 17.5 Å². The number of halogens is 1. The van der Waals surface area contributed by atoms with Crippen LogP contribution >= 0.6 is 11.3 Å². The predicted octanol–water partition coefficient (Wildman–Crippen LogP) is 5.37. The lowest BCUT2D eigenvalue weighted by atomic mass is 9.99. The van der Waals surface area contributed by atoms with Crippen molar-refractivity contribution in [2.75, 3.05) is 25.0 Å². The van der Waals surface area contributed by atoms with Crippen molar-refractivity contribution in [3.63, 3.8) is 0 Å². The second kappa shape index (κ2) is 8.65. The molecule has 3 heterocycles. The lowest BCUT2D eigenvalue weighted by Gasteiger charge is -2.14. The second-order valence-corrected chi connectivity index (χ2v) is 8.89. The van der Waals surface area contributed by atoms with Gasteiger partial charge in [-0.05, 0) is 84.1 Å². The number of hydrogen-bond acceptors (Lipinski definition) is 6. The number of hydrogen-bond donors (Lipinski definition) is 2. The SMILES string of the molecule is Cc1cscc1-c1ccc2nc(NC[C@H]3CCNC3)nc(-c3ccc(C#N)c(F)c3)c2c1. The van der Waals surface area contributed by atoms with Gasteiger partial charge in [0.1, 0.15) is 11.9 Å². The van der Waals surface area contributed by atoms with Crippen LogP contribution in [-0.4, -0.2) is 29.6 Å². The van der Waals surface area contributed by atoms with E-state index in [-0.39, 0.29) is 5.56 Å². The Morgan fingerprint density at radius 1 is 1.19 bits per heavy atom. The molecule has 5 rings (SSSR count). The monoisotopic (exact) mass is 443 g/mol. The minimum Gasteiger partial charge on any atom is -0.354 e. The molecule has 0 amide bonds. The van der Waals surface area contributed by atoms with E-state index in [0.717, 1.165) is 42.5 Å². The van der Waals surface area contributed by atoms with Gasteiger partial charge in [-0.1, -0.05) is 12.1 Å². The van der Waals surface area contributed by atoms with Gasteiger partial charge >= 0.3 is 0 Å². The molecule has 0 aliphatic carbocycles. The first kappa shape index (κ1) is 20.6. The number of fused-ring (bicyclic) bond motifs is 1. The van der Waals surface area contributed by atoms with Crippen molar-refractivity contribution >= 4 is 28.2 Å². The first-order valence-corrected chi connectivity index (χ1v) is 11.6. The van der Waals surface area contributed by atoms with Crippen LogP contribution in [0.2, 0.25) is 0 Å². The third kappa shape index (κ3) is 3.95. The van der Waals surface area contributed by atoms with Crippen molar-refractivity contribution < 1.29 is 4.39 Å². The predicted molar refractivity (Wildman–Crippen MR) is 127 cm³/mol. The van der Waals surface area contributed by atoms with Crippen LogP contribution in [0.4, 0.5) is 10.3 Å². The molecule has 1 saturated heterocycles. The number of nitrogens with zero attached hydrogens (tertiary/aromatic N) is 3. The Balaban J connectivity index is 1.63. The highest BCUT2D eigenvalue weighted by Gasteiger charge is 2.17. The largest absolute Gasteiger partial charge is 0.354 e. The van der Waals surface area contributed by atoms with Gasteiger partial charge < -0.3 is 10.6 Å². The minimum atomic E-state index is -0.548. The van der Waals surface area contributed by atoms with E-state index in [1.807, 2.05) is 12.1 Å². The van der Waals surface area contributed by atoms with E-state index in [1.165, 1.54) is 23.3 Å². The maximum Gasteiger partial charge on any atom is 0.223 e. The third-order valence-electron chi connectivity index (χ3n) is 5.94. The van der Waals surface area contributed by atoms with Crippen LogP contribution in [0.15, 0.2) is 47.2 Å². The van der Waals surface area contributed by atoms with E-state index in [0.29, 0.717) is 23.1 Å².